The fraction of sp³-hybridized carbons (Fsp3) is 0.583. The predicted octanol–water partition coefficient (Wildman–Crippen LogP) is 2.98. The highest BCUT2D eigenvalue weighted by atomic mass is 15.2. The van der Waals surface area contributed by atoms with Crippen molar-refractivity contribution >= 4 is 5.95 Å². The number of imidazole rings is 1. The Morgan fingerprint density at radius 1 is 1.53 bits per heavy atom. The Morgan fingerprint density at radius 3 is 2.73 bits per heavy atom. The molecule has 0 saturated carbocycles. The highest BCUT2D eigenvalue weighted by molar-refractivity contribution is 5.30. The van der Waals surface area contributed by atoms with E-state index >= 15 is 0 Å². The van der Waals surface area contributed by atoms with E-state index in [4.69, 9.17) is 0 Å². The first-order valence-electron chi connectivity index (χ1n) is 5.62. The lowest BCUT2D eigenvalue weighted by atomic mass is 10.2. The van der Waals surface area contributed by atoms with Crippen molar-refractivity contribution in [3.8, 4) is 0 Å². The average molecular weight is 207 g/mol. The quantitative estimate of drug-likeness (QED) is 0.727. The lowest BCUT2D eigenvalue weighted by Gasteiger charge is -2.16. The first-order chi connectivity index (χ1) is 7.21. The topological polar surface area (TPSA) is 29.9 Å². The summed E-state index contributed by atoms with van der Waals surface area (Å²) in [6, 6.07) is 0.510. The normalized spacial score (nSPS) is 10.7. The standard InChI is InChI=1S/C12H21N3/c1-5-8-15-9-10(4)13-12(15)14-11(6-2)7-3/h5,9,11H,1,6-8H2,2-4H3,(H,13,14). The van der Waals surface area contributed by atoms with Gasteiger partial charge in [0.1, 0.15) is 0 Å². The lowest BCUT2D eigenvalue weighted by molar-refractivity contribution is 0.654. The minimum Gasteiger partial charge on any atom is -0.353 e. The van der Waals surface area contributed by atoms with E-state index in [0.717, 1.165) is 31.0 Å². The summed E-state index contributed by atoms with van der Waals surface area (Å²) < 4.78 is 2.10. The summed E-state index contributed by atoms with van der Waals surface area (Å²) in [6.45, 7) is 10.9. The molecule has 3 heteroatoms. The van der Waals surface area contributed by atoms with Gasteiger partial charge in [-0.15, -0.1) is 6.58 Å². The lowest BCUT2D eigenvalue weighted by Crippen LogP contribution is -2.19. The van der Waals surface area contributed by atoms with Crippen molar-refractivity contribution in [2.75, 3.05) is 5.32 Å². The van der Waals surface area contributed by atoms with Crippen LogP contribution in [0.3, 0.4) is 0 Å². The van der Waals surface area contributed by atoms with Gasteiger partial charge in [-0.1, -0.05) is 19.9 Å². The van der Waals surface area contributed by atoms with Gasteiger partial charge in [0.25, 0.3) is 0 Å². The number of rotatable bonds is 6. The van der Waals surface area contributed by atoms with Crippen LogP contribution in [0.25, 0.3) is 0 Å². The molecule has 1 rings (SSSR count). The zero-order chi connectivity index (χ0) is 11.3. The Bertz CT molecular complexity index is 311. The molecule has 0 aromatic carbocycles. The van der Waals surface area contributed by atoms with Crippen LogP contribution in [0.15, 0.2) is 18.9 Å². The number of hydrogen-bond donors (Lipinski definition) is 1. The highest BCUT2D eigenvalue weighted by Crippen LogP contribution is 2.12. The number of nitrogens with one attached hydrogen (secondary N) is 1. The Morgan fingerprint density at radius 2 is 2.20 bits per heavy atom. The molecule has 0 atom stereocenters. The van der Waals surface area contributed by atoms with Crippen molar-refractivity contribution in [2.24, 2.45) is 0 Å². The van der Waals surface area contributed by atoms with Gasteiger partial charge < -0.3 is 9.88 Å². The van der Waals surface area contributed by atoms with Gasteiger partial charge in [0, 0.05) is 18.8 Å². The Kier molecular flexibility index (Phi) is 4.40. The van der Waals surface area contributed by atoms with E-state index < -0.39 is 0 Å². The number of nitrogens with zero attached hydrogens (tertiary/aromatic N) is 2. The molecular formula is C12H21N3. The minimum absolute atomic E-state index is 0.510. The molecule has 0 bridgehead atoms. The van der Waals surface area contributed by atoms with Crippen molar-refractivity contribution < 1.29 is 0 Å². The maximum atomic E-state index is 4.47. The number of allylic oxidation sites excluding steroid dienone is 1. The first kappa shape index (κ1) is 11.8. The van der Waals surface area contributed by atoms with Gasteiger partial charge in [0.15, 0.2) is 0 Å². The SMILES string of the molecule is C=CCn1cc(C)nc1NC(CC)CC. The maximum Gasteiger partial charge on any atom is 0.203 e. The van der Waals surface area contributed by atoms with Gasteiger partial charge in [0.05, 0.1) is 5.69 Å². The molecule has 0 aliphatic rings. The van der Waals surface area contributed by atoms with Crippen LogP contribution < -0.4 is 5.32 Å². The van der Waals surface area contributed by atoms with Crippen molar-refractivity contribution in [2.45, 2.75) is 46.2 Å². The monoisotopic (exact) mass is 207 g/mol. The van der Waals surface area contributed by atoms with Gasteiger partial charge in [-0.05, 0) is 19.8 Å². The molecule has 0 radical (unpaired) electrons. The number of aryl methyl sites for hydroxylation is 1. The summed E-state index contributed by atoms with van der Waals surface area (Å²) in [5, 5.41) is 3.46. The molecule has 1 aromatic heterocycles. The van der Waals surface area contributed by atoms with Gasteiger partial charge in [0.2, 0.25) is 5.95 Å². The summed E-state index contributed by atoms with van der Waals surface area (Å²) >= 11 is 0. The summed E-state index contributed by atoms with van der Waals surface area (Å²) in [6.07, 6.45) is 6.18. The molecule has 1 aromatic rings. The number of hydrogen-bond acceptors (Lipinski definition) is 2. The van der Waals surface area contributed by atoms with Crippen molar-refractivity contribution in [1.29, 1.82) is 0 Å². The third-order valence-corrected chi connectivity index (χ3v) is 2.54. The largest absolute Gasteiger partial charge is 0.353 e. The van der Waals surface area contributed by atoms with E-state index in [1.165, 1.54) is 0 Å². The Balaban J connectivity index is 2.77. The molecule has 0 fully saturated rings. The van der Waals surface area contributed by atoms with Crippen LogP contribution in [0.5, 0.6) is 0 Å². The molecule has 84 valence electrons. The minimum atomic E-state index is 0.510. The van der Waals surface area contributed by atoms with Gasteiger partial charge >= 0.3 is 0 Å². The van der Waals surface area contributed by atoms with Crippen LogP contribution >= 0.6 is 0 Å². The Labute approximate surface area is 92.2 Å². The first-order valence-corrected chi connectivity index (χ1v) is 5.62. The van der Waals surface area contributed by atoms with Crippen LogP contribution in [0.1, 0.15) is 32.4 Å². The van der Waals surface area contributed by atoms with Crippen LogP contribution in [0.4, 0.5) is 5.95 Å². The van der Waals surface area contributed by atoms with Gasteiger partial charge in [-0.25, -0.2) is 4.98 Å². The maximum absolute atomic E-state index is 4.47. The summed E-state index contributed by atoms with van der Waals surface area (Å²) in [7, 11) is 0. The van der Waals surface area contributed by atoms with E-state index in [1.807, 2.05) is 19.2 Å². The molecule has 1 heterocycles. The Hall–Kier alpha value is -1.25. The molecule has 0 aliphatic heterocycles. The zero-order valence-corrected chi connectivity index (χ0v) is 9.95. The second-order valence-electron chi connectivity index (χ2n) is 3.80. The number of aromatic nitrogens is 2. The highest BCUT2D eigenvalue weighted by Gasteiger charge is 2.08. The van der Waals surface area contributed by atoms with Crippen LogP contribution in [-0.4, -0.2) is 15.6 Å². The second-order valence-corrected chi connectivity index (χ2v) is 3.80. The van der Waals surface area contributed by atoms with E-state index in [2.05, 4.69) is 35.3 Å². The second kappa shape index (κ2) is 5.59. The third kappa shape index (κ3) is 3.11. The molecule has 3 nitrogen and oxygen atoms in total. The van der Waals surface area contributed by atoms with Crippen molar-refractivity contribution in [1.82, 2.24) is 9.55 Å². The van der Waals surface area contributed by atoms with E-state index in [9.17, 15) is 0 Å². The molecular weight excluding hydrogens is 186 g/mol. The average Bonchev–Trinajstić information content (AvgIpc) is 2.56. The third-order valence-electron chi connectivity index (χ3n) is 2.54. The molecule has 0 amide bonds. The zero-order valence-electron chi connectivity index (χ0n) is 9.95. The summed E-state index contributed by atoms with van der Waals surface area (Å²) in [5.74, 6) is 0.959. The predicted molar refractivity (Wildman–Crippen MR) is 65.2 cm³/mol. The van der Waals surface area contributed by atoms with E-state index in [0.29, 0.717) is 6.04 Å². The van der Waals surface area contributed by atoms with Gasteiger partial charge in [-0.2, -0.15) is 0 Å². The molecule has 0 spiro atoms. The fourth-order valence-electron chi connectivity index (χ4n) is 1.62. The smallest absolute Gasteiger partial charge is 0.203 e. The molecule has 0 saturated heterocycles. The molecule has 1 N–H and O–H groups in total. The van der Waals surface area contributed by atoms with Crippen LogP contribution in [0.2, 0.25) is 0 Å². The molecule has 15 heavy (non-hydrogen) atoms. The molecule has 0 aliphatic carbocycles. The van der Waals surface area contributed by atoms with Gasteiger partial charge in [-0.3, -0.25) is 0 Å². The number of anilines is 1. The van der Waals surface area contributed by atoms with Crippen molar-refractivity contribution in [3.05, 3.63) is 24.5 Å². The van der Waals surface area contributed by atoms with Crippen LogP contribution in [0, 0.1) is 6.92 Å². The van der Waals surface area contributed by atoms with Crippen molar-refractivity contribution in [3.63, 3.8) is 0 Å². The van der Waals surface area contributed by atoms with E-state index in [1.54, 1.807) is 0 Å². The van der Waals surface area contributed by atoms with Crippen LogP contribution in [-0.2, 0) is 6.54 Å². The summed E-state index contributed by atoms with van der Waals surface area (Å²) in [5.41, 5.74) is 1.05. The molecule has 0 unspecified atom stereocenters. The summed E-state index contributed by atoms with van der Waals surface area (Å²) in [4.78, 5) is 4.47. The fourth-order valence-corrected chi connectivity index (χ4v) is 1.62. The van der Waals surface area contributed by atoms with E-state index in [-0.39, 0.29) is 0 Å².